The van der Waals surface area contributed by atoms with Crippen molar-refractivity contribution in [1.82, 2.24) is 5.32 Å². The molecule has 17 heavy (non-hydrogen) atoms. The maximum atomic E-state index is 12.3. The van der Waals surface area contributed by atoms with Crippen molar-refractivity contribution in [1.29, 1.82) is 0 Å². The van der Waals surface area contributed by atoms with Crippen LogP contribution in [0.4, 0.5) is 0 Å². The molecule has 1 aromatic rings. The van der Waals surface area contributed by atoms with E-state index in [1.54, 1.807) is 26.0 Å². The van der Waals surface area contributed by atoms with Crippen LogP contribution >= 0.6 is 0 Å². The minimum absolute atomic E-state index is 0.194. The van der Waals surface area contributed by atoms with Crippen LogP contribution in [0.5, 0.6) is 0 Å². The molecule has 1 atom stereocenters. The summed E-state index contributed by atoms with van der Waals surface area (Å²) in [7, 11) is -3.18. The first kappa shape index (κ1) is 12.6. The van der Waals surface area contributed by atoms with Crippen molar-refractivity contribution in [3.63, 3.8) is 0 Å². The van der Waals surface area contributed by atoms with Gasteiger partial charge in [-0.2, -0.15) is 0 Å². The van der Waals surface area contributed by atoms with E-state index in [0.29, 0.717) is 4.90 Å². The summed E-state index contributed by atoms with van der Waals surface area (Å²) in [4.78, 5) is 0.495. The van der Waals surface area contributed by atoms with Crippen molar-refractivity contribution in [2.24, 2.45) is 0 Å². The van der Waals surface area contributed by atoms with Gasteiger partial charge in [0.25, 0.3) is 0 Å². The Hall–Kier alpha value is -0.870. The van der Waals surface area contributed by atoms with Gasteiger partial charge >= 0.3 is 0 Å². The number of nitrogens with one attached hydrogen (secondary N) is 1. The summed E-state index contributed by atoms with van der Waals surface area (Å²) in [6.45, 7) is 4.43. The number of sulfone groups is 1. The predicted octanol–water partition coefficient (Wildman–Crippen LogP) is 2.29. The highest BCUT2D eigenvalue weighted by Crippen LogP contribution is 2.30. The van der Waals surface area contributed by atoms with Gasteiger partial charge in [-0.25, -0.2) is 8.42 Å². The Morgan fingerprint density at radius 1 is 1.29 bits per heavy atom. The van der Waals surface area contributed by atoms with Gasteiger partial charge in [-0.1, -0.05) is 18.2 Å². The second-order valence-corrected chi connectivity index (χ2v) is 7.25. The molecule has 94 valence electrons. The molecule has 1 aliphatic rings. The van der Waals surface area contributed by atoms with Gasteiger partial charge in [0.15, 0.2) is 9.84 Å². The van der Waals surface area contributed by atoms with E-state index in [1.165, 1.54) is 0 Å². The first-order valence-electron chi connectivity index (χ1n) is 6.09. The molecule has 0 aliphatic carbocycles. The zero-order chi connectivity index (χ0) is 12.5. The average molecular weight is 253 g/mol. The highest BCUT2D eigenvalue weighted by molar-refractivity contribution is 7.92. The van der Waals surface area contributed by atoms with Gasteiger partial charge in [-0.15, -0.1) is 0 Å². The smallest absolute Gasteiger partial charge is 0.181 e. The standard InChI is InChI=1S/C13H19NO2S/c1-10(2)17(15,16)13-8-4-3-6-11(13)12-7-5-9-14-12/h3-4,6,8,10,12,14H,5,7,9H2,1-2H3. The molecule has 0 saturated carbocycles. The van der Waals surface area contributed by atoms with Gasteiger partial charge in [0.2, 0.25) is 0 Å². The van der Waals surface area contributed by atoms with Gasteiger partial charge in [-0.3, -0.25) is 0 Å². The molecule has 0 bridgehead atoms. The van der Waals surface area contributed by atoms with E-state index in [1.807, 2.05) is 12.1 Å². The lowest BCUT2D eigenvalue weighted by molar-refractivity contribution is 0.579. The molecule has 0 radical (unpaired) electrons. The molecule has 0 amide bonds. The summed E-state index contributed by atoms with van der Waals surface area (Å²) in [5.41, 5.74) is 0.929. The number of hydrogen-bond acceptors (Lipinski definition) is 3. The molecular formula is C13H19NO2S. The molecule has 1 fully saturated rings. The first-order chi connectivity index (χ1) is 8.03. The minimum atomic E-state index is -3.18. The average Bonchev–Trinajstić information content (AvgIpc) is 2.82. The molecule has 1 aromatic carbocycles. The second kappa shape index (κ2) is 4.78. The molecule has 2 rings (SSSR count). The lowest BCUT2D eigenvalue weighted by Gasteiger charge is -2.17. The third-order valence-electron chi connectivity index (χ3n) is 3.28. The minimum Gasteiger partial charge on any atom is -0.310 e. The maximum Gasteiger partial charge on any atom is 0.181 e. The van der Waals surface area contributed by atoms with Crippen molar-refractivity contribution in [2.45, 2.75) is 42.9 Å². The predicted molar refractivity (Wildman–Crippen MR) is 68.7 cm³/mol. The highest BCUT2D eigenvalue weighted by Gasteiger charge is 2.27. The fourth-order valence-electron chi connectivity index (χ4n) is 2.23. The van der Waals surface area contributed by atoms with Crippen LogP contribution in [0.1, 0.15) is 38.3 Å². The molecule has 0 aromatic heterocycles. The Balaban J connectivity index is 2.47. The van der Waals surface area contributed by atoms with E-state index >= 15 is 0 Å². The van der Waals surface area contributed by atoms with Crippen LogP contribution < -0.4 is 5.32 Å². The van der Waals surface area contributed by atoms with Crippen molar-refractivity contribution >= 4 is 9.84 Å². The molecule has 1 saturated heterocycles. The summed E-state index contributed by atoms with van der Waals surface area (Å²) in [6, 6.07) is 7.56. The topological polar surface area (TPSA) is 46.2 Å². The van der Waals surface area contributed by atoms with Crippen molar-refractivity contribution in [3.8, 4) is 0 Å². The quantitative estimate of drug-likeness (QED) is 0.899. The maximum absolute atomic E-state index is 12.3. The summed E-state index contributed by atoms with van der Waals surface area (Å²) in [5.74, 6) is 0. The van der Waals surface area contributed by atoms with E-state index < -0.39 is 9.84 Å². The van der Waals surface area contributed by atoms with Crippen LogP contribution in [0.15, 0.2) is 29.2 Å². The van der Waals surface area contributed by atoms with E-state index in [-0.39, 0.29) is 11.3 Å². The van der Waals surface area contributed by atoms with Gasteiger partial charge in [0.05, 0.1) is 10.1 Å². The van der Waals surface area contributed by atoms with Crippen molar-refractivity contribution in [2.75, 3.05) is 6.54 Å². The third kappa shape index (κ3) is 2.38. The summed E-state index contributed by atoms with van der Waals surface area (Å²) < 4.78 is 24.6. The van der Waals surface area contributed by atoms with E-state index in [4.69, 9.17) is 0 Å². The van der Waals surface area contributed by atoms with Gasteiger partial charge in [-0.05, 0) is 44.9 Å². The summed E-state index contributed by atoms with van der Waals surface area (Å²) >= 11 is 0. The Kier molecular flexibility index (Phi) is 3.54. The van der Waals surface area contributed by atoms with E-state index in [2.05, 4.69) is 5.32 Å². The van der Waals surface area contributed by atoms with Crippen LogP contribution in [0.2, 0.25) is 0 Å². The van der Waals surface area contributed by atoms with Crippen molar-refractivity contribution < 1.29 is 8.42 Å². The van der Waals surface area contributed by atoms with Crippen LogP contribution in [-0.2, 0) is 9.84 Å². The van der Waals surface area contributed by atoms with Gasteiger partial charge in [0.1, 0.15) is 0 Å². The molecule has 1 unspecified atom stereocenters. The molecule has 0 spiro atoms. The van der Waals surface area contributed by atoms with Crippen LogP contribution in [0, 0.1) is 0 Å². The first-order valence-corrected chi connectivity index (χ1v) is 7.64. The lowest BCUT2D eigenvalue weighted by atomic mass is 10.1. The van der Waals surface area contributed by atoms with Crippen LogP contribution in [0.25, 0.3) is 0 Å². The molecule has 1 N–H and O–H groups in total. The highest BCUT2D eigenvalue weighted by atomic mass is 32.2. The Morgan fingerprint density at radius 2 is 2.00 bits per heavy atom. The Bertz CT molecular complexity index is 488. The Morgan fingerprint density at radius 3 is 2.59 bits per heavy atom. The zero-order valence-electron chi connectivity index (χ0n) is 10.3. The lowest BCUT2D eigenvalue weighted by Crippen LogP contribution is -2.20. The van der Waals surface area contributed by atoms with Crippen LogP contribution in [-0.4, -0.2) is 20.2 Å². The molecule has 4 heteroatoms. The second-order valence-electron chi connectivity index (χ2n) is 4.78. The largest absolute Gasteiger partial charge is 0.310 e. The summed E-state index contributed by atoms with van der Waals surface area (Å²) in [5, 5.41) is 2.99. The normalized spacial score (nSPS) is 21.0. The van der Waals surface area contributed by atoms with Gasteiger partial charge < -0.3 is 5.32 Å². The monoisotopic (exact) mass is 253 g/mol. The van der Waals surface area contributed by atoms with Gasteiger partial charge in [0, 0.05) is 6.04 Å². The molecular weight excluding hydrogens is 234 g/mol. The third-order valence-corrected chi connectivity index (χ3v) is 5.51. The number of rotatable bonds is 3. The molecule has 1 heterocycles. The van der Waals surface area contributed by atoms with E-state index in [9.17, 15) is 8.42 Å². The van der Waals surface area contributed by atoms with Crippen molar-refractivity contribution in [3.05, 3.63) is 29.8 Å². The molecule has 1 aliphatic heterocycles. The zero-order valence-corrected chi connectivity index (χ0v) is 11.1. The number of hydrogen-bond donors (Lipinski definition) is 1. The fraction of sp³-hybridized carbons (Fsp3) is 0.538. The SMILES string of the molecule is CC(C)S(=O)(=O)c1ccccc1C1CCCN1. The fourth-order valence-corrected chi connectivity index (χ4v) is 3.55. The van der Waals surface area contributed by atoms with Crippen LogP contribution in [0.3, 0.4) is 0 Å². The molecule has 3 nitrogen and oxygen atoms in total. The van der Waals surface area contributed by atoms with E-state index in [0.717, 1.165) is 24.9 Å². The summed E-state index contributed by atoms with van der Waals surface area (Å²) in [6.07, 6.45) is 2.13. The Labute approximate surface area is 103 Å². The number of benzene rings is 1.